The van der Waals surface area contributed by atoms with E-state index in [4.69, 9.17) is 4.74 Å². The Hall–Kier alpha value is -1.48. The van der Waals surface area contributed by atoms with Crippen LogP contribution in [0.2, 0.25) is 0 Å². The maximum atomic E-state index is 14.6. The topological polar surface area (TPSA) is 9.23 Å². The Bertz CT molecular complexity index is 565. The molecule has 0 bridgehead atoms. The van der Waals surface area contributed by atoms with Gasteiger partial charge in [0.2, 0.25) is 5.85 Å². The van der Waals surface area contributed by atoms with E-state index >= 15 is 0 Å². The molecule has 0 aliphatic heterocycles. The van der Waals surface area contributed by atoms with Crippen LogP contribution in [0.3, 0.4) is 0 Å². The standard InChI is InChI=1S/C22H30F2O/c1-2-3-4-5-6-7-8-12-17-25-22(24)16-15-20(21(23)18-22)19-13-10-9-11-14-19/h9-11,13-16H,2-8,12,17-18H2,1H3. The molecule has 25 heavy (non-hydrogen) atoms. The van der Waals surface area contributed by atoms with E-state index in [1.54, 1.807) is 0 Å². The Labute approximate surface area is 150 Å². The maximum absolute atomic E-state index is 14.6. The van der Waals surface area contributed by atoms with Crippen LogP contribution >= 0.6 is 0 Å². The maximum Gasteiger partial charge on any atom is 0.235 e. The van der Waals surface area contributed by atoms with E-state index in [1.807, 2.05) is 30.3 Å². The Morgan fingerprint density at radius 2 is 1.60 bits per heavy atom. The summed E-state index contributed by atoms with van der Waals surface area (Å²) in [5, 5.41) is 0. The van der Waals surface area contributed by atoms with E-state index in [9.17, 15) is 8.78 Å². The molecule has 0 amide bonds. The van der Waals surface area contributed by atoms with E-state index in [2.05, 4.69) is 6.92 Å². The molecule has 0 radical (unpaired) electrons. The van der Waals surface area contributed by atoms with Crippen molar-refractivity contribution in [2.24, 2.45) is 0 Å². The average Bonchev–Trinajstić information content (AvgIpc) is 2.61. The Morgan fingerprint density at radius 1 is 0.960 bits per heavy atom. The number of hydrogen-bond donors (Lipinski definition) is 0. The van der Waals surface area contributed by atoms with Crippen molar-refractivity contribution in [3.05, 3.63) is 53.9 Å². The minimum Gasteiger partial charge on any atom is -0.342 e. The van der Waals surface area contributed by atoms with Gasteiger partial charge in [-0.05, 0) is 18.1 Å². The van der Waals surface area contributed by atoms with E-state index in [0.29, 0.717) is 12.2 Å². The minimum atomic E-state index is -2.01. The number of hydrogen-bond acceptors (Lipinski definition) is 1. The zero-order chi connectivity index (χ0) is 18.0. The molecule has 0 fully saturated rings. The predicted molar refractivity (Wildman–Crippen MR) is 101 cm³/mol. The summed E-state index contributed by atoms with van der Waals surface area (Å²) in [4.78, 5) is 0. The molecule has 0 saturated heterocycles. The highest BCUT2D eigenvalue weighted by atomic mass is 19.2. The summed E-state index contributed by atoms with van der Waals surface area (Å²) < 4.78 is 34.3. The largest absolute Gasteiger partial charge is 0.342 e. The van der Waals surface area contributed by atoms with Crippen molar-refractivity contribution in [3.63, 3.8) is 0 Å². The third kappa shape index (κ3) is 6.74. The summed E-state index contributed by atoms with van der Waals surface area (Å²) in [6.45, 7) is 2.55. The summed E-state index contributed by atoms with van der Waals surface area (Å²) >= 11 is 0. The molecule has 1 unspecified atom stereocenters. The highest BCUT2D eigenvalue weighted by molar-refractivity contribution is 5.76. The van der Waals surface area contributed by atoms with Gasteiger partial charge in [-0.2, -0.15) is 0 Å². The normalized spacial score (nSPS) is 20.3. The van der Waals surface area contributed by atoms with E-state index in [0.717, 1.165) is 24.8 Å². The molecule has 1 atom stereocenters. The lowest BCUT2D eigenvalue weighted by molar-refractivity contribution is -0.109. The van der Waals surface area contributed by atoms with Gasteiger partial charge < -0.3 is 4.74 Å². The zero-order valence-electron chi connectivity index (χ0n) is 15.3. The number of halogens is 2. The summed E-state index contributed by atoms with van der Waals surface area (Å²) in [6, 6.07) is 9.22. The van der Waals surface area contributed by atoms with Crippen molar-refractivity contribution in [1.82, 2.24) is 0 Å². The van der Waals surface area contributed by atoms with Crippen LogP contribution in [-0.2, 0) is 4.74 Å². The van der Waals surface area contributed by atoms with E-state index in [-0.39, 0.29) is 6.42 Å². The van der Waals surface area contributed by atoms with Crippen LogP contribution in [0.15, 0.2) is 48.3 Å². The van der Waals surface area contributed by atoms with Crippen LogP contribution in [0.4, 0.5) is 8.78 Å². The highest BCUT2D eigenvalue weighted by Crippen LogP contribution is 2.36. The number of ether oxygens (including phenoxy) is 1. The fraction of sp³-hybridized carbons (Fsp3) is 0.545. The molecule has 0 heterocycles. The van der Waals surface area contributed by atoms with Gasteiger partial charge in [0.05, 0.1) is 13.0 Å². The van der Waals surface area contributed by atoms with Gasteiger partial charge in [0.15, 0.2) is 0 Å². The first-order valence-corrected chi connectivity index (χ1v) is 9.61. The number of benzene rings is 1. The molecule has 0 saturated carbocycles. The van der Waals surface area contributed by atoms with Gasteiger partial charge in [-0.1, -0.05) is 88.3 Å². The summed E-state index contributed by atoms with van der Waals surface area (Å²) in [7, 11) is 0. The first-order chi connectivity index (χ1) is 12.1. The third-order valence-corrected chi connectivity index (χ3v) is 4.61. The average molecular weight is 348 g/mol. The van der Waals surface area contributed by atoms with E-state index < -0.39 is 11.7 Å². The monoisotopic (exact) mass is 348 g/mol. The van der Waals surface area contributed by atoms with Gasteiger partial charge in [0, 0.05) is 5.57 Å². The van der Waals surface area contributed by atoms with Gasteiger partial charge in [0.1, 0.15) is 5.83 Å². The third-order valence-electron chi connectivity index (χ3n) is 4.61. The summed E-state index contributed by atoms with van der Waals surface area (Å²) in [6.07, 6.45) is 11.9. The lowest BCUT2D eigenvalue weighted by atomic mass is 9.96. The number of rotatable bonds is 11. The molecule has 1 aliphatic rings. The van der Waals surface area contributed by atoms with Crippen LogP contribution in [0.5, 0.6) is 0 Å². The van der Waals surface area contributed by atoms with E-state index in [1.165, 1.54) is 44.3 Å². The first-order valence-electron chi connectivity index (χ1n) is 9.61. The SMILES string of the molecule is CCCCCCCCCCOC1(F)C=CC(c2ccccc2)=C(F)C1. The van der Waals surface area contributed by atoms with Gasteiger partial charge in [-0.25, -0.2) is 8.78 Å². The van der Waals surface area contributed by atoms with Crippen LogP contribution in [0, 0.1) is 0 Å². The summed E-state index contributed by atoms with van der Waals surface area (Å²) in [5.74, 6) is -2.46. The van der Waals surface area contributed by atoms with Crippen molar-refractivity contribution < 1.29 is 13.5 Å². The molecule has 1 aliphatic carbocycles. The Morgan fingerprint density at radius 3 is 2.24 bits per heavy atom. The van der Waals surface area contributed by atoms with Gasteiger partial charge in [-0.15, -0.1) is 0 Å². The van der Waals surface area contributed by atoms with Crippen molar-refractivity contribution in [3.8, 4) is 0 Å². The molecular formula is C22H30F2O. The molecule has 0 spiro atoms. The van der Waals surface area contributed by atoms with Gasteiger partial charge in [-0.3, -0.25) is 0 Å². The second kappa shape index (κ2) is 10.5. The predicted octanol–water partition coefficient (Wildman–Crippen LogP) is 7.15. The van der Waals surface area contributed by atoms with Crippen molar-refractivity contribution >= 4 is 5.57 Å². The zero-order valence-corrected chi connectivity index (χ0v) is 15.3. The molecule has 138 valence electrons. The second-order valence-electron chi connectivity index (χ2n) is 6.80. The highest BCUT2D eigenvalue weighted by Gasteiger charge is 2.33. The number of allylic oxidation sites excluding steroid dienone is 2. The smallest absolute Gasteiger partial charge is 0.235 e. The molecular weight excluding hydrogens is 318 g/mol. The van der Waals surface area contributed by atoms with Crippen LogP contribution in [0.1, 0.15) is 70.3 Å². The van der Waals surface area contributed by atoms with Crippen molar-refractivity contribution in [1.29, 1.82) is 0 Å². The Balaban J connectivity index is 1.68. The quantitative estimate of drug-likeness (QED) is 0.386. The number of unbranched alkanes of at least 4 members (excludes halogenated alkanes) is 7. The molecule has 0 aromatic heterocycles. The first kappa shape index (κ1) is 19.8. The van der Waals surface area contributed by atoms with Crippen molar-refractivity contribution in [2.75, 3.05) is 6.61 Å². The second-order valence-corrected chi connectivity index (χ2v) is 6.80. The lowest BCUT2D eigenvalue weighted by Crippen LogP contribution is -2.27. The molecule has 1 aromatic carbocycles. The Kier molecular flexibility index (Phi) is 8.33. The van der Waals surface area contributed by atoms with Crippen molar-refractivity contribution in [2.45, 2.75) is 70.6 Å². The van der Waals surface area contributed by atoms with Crippen LogP contribution < -0.4 is 0 Å². The molecule has 1 aromatic rings. The van der Waals surface area contributed by atoms with Gasteiger partial charge in [0.25, 0.3) is 0 Å². The summed E-state index contributed by atoms with van der Waals surface area (Å²) in [5.41, 5.74) is 1.21. The fourth-order valence-corrected chi connectivity index (χ4v) is 3.11. The van der Waals surface area contributed by atoms with Gasteiger partial charge >= 0.3 is 0 Å². The molecule has 1 nitrogen and oxygen atoms in total. The molecule has 3 heteroatoms. The van der Waals surface area contributed by atoms with Crippen LogP contribution in [0.25, 0.3) is 5.57 Å². The lowest BCUT2D eigenvalue weighted by Gasteiger charge is -2.25. The van der Waals surface area contributed by atoms with Crippen LogP contribution in [-0.4, -0.2) is 12.5 Å². The fourth-order valence-electron chi connectivity index (χ4n) is 3.11. The molecule has 0 N–H and O–H groups in total. The molecule has 2 rings (SSSR count). The number of alkyl halides is 1. The minimum absolute atomic E-state index is 0.337.